The van der Waals surface area contributed by atoms with E-state index in [1.165, 1.54) is 5.56 Å². The Kier molecular flexibility index (Phi) is 10.4. The lowest BCUT2D eigenvalue weighted by molar-refractivity contribution is -0.137. The second-order valence-electron chi connectivity index (χ2n) is 13.1. The summed E-state index contributed by atoms with van der Waals surface area (Å²) in [5.41, 5.74) is 6.54. The van der Waals surface area contributed by atoms with Gasteiger partial charge in [0.1, 0.15) is 0 Å². The maximum atomic E-state index is 13.1. The molecule has 2 atom stereocenters. The Morgan fingerprint density at radius 3 is 2.52 bits per heavy atom. The predicted octanol–water partition coefficient (Wildman–Crippen LogP) is 6.90. The van der Waals surface area contributed by atoms with Crippen LogP contribution < -0.4 is 10.6 Å². The van der Waals surface area contributed by atoms with Crippen LogP contribution in [0.1, 0.15) is 110 Å². The monoisotopic (exact) mass is 648 g/mol. The fourth-order valence-corrected chi connectivity index (χ4v) is 7.20. The number of anilines is 1. The van der Waals surface area contributed by atoms with Gasteiger partial charge in [0.15, 0.2) is 11.6 Å². The van der Waals surface area contributed by atoms with Gasteiger partial charge in [-0.05, 0) is 67.9 Å². The van der Waals surface area contributed by atoms with Crippen LogP contribution in [0.2, 0.25) is 0 Å². The molecule has 6 rings (SSSR count). The number of aryl methyl sites for hydroxylation is 1. The number of nitrogens with zero attached hydrogens (tertiary/aromatic N) is 4. The molecule has 0 bridgehead atoms. The van der Waals surface area contributed by atoms with Gasteiger partial charge in [0.2, 0.25) is 11.8 Å². The number of unbranched alkanes of at least 4 members (excludes halogenated alkanes) is 3. The van der Waals surface area contributed by atoms with Crippen LogP contribution in [0.4, 0.5) is 5.69 Å². The smallest absolute Gasteiger partial charge is 0.230 e. The number of Topliss-reactive ketones (excluding diaryl/α,β-unsaturated/α-hetero) is 2. The summed E-state index contributed by atoms with van der Waals surface area (Å²) in [6.07, 6.45) is 14.8. The van der Waals surface area contributed by atoms with E-state index in [2.05, 4.69) is 47.9 Å². The molecule has 1 saturated heterocycles. The standard InChI is InChI=1S/C38H44N6O4/c1-3-10-24(11-4-2)27-12-9-13-31-35(27)42-32(22-40-31)25-21-41-44(23-25)19-8-6-5-7-18-39-26-14-15-28-30(20-26)37(47)34(36(28)46)29-16-17-33(45)43-38(29)48/h9,12-15,20-24,29,34,39H,3-8,10-11,16-19H2,1-2H3,(H,43,45,48). The maximum Gasteiger partial charge on any atom is 0.230 e. The van der Waals surface area contributed by atoms with Crippen LogP contribution in [-0.2, 0) is 16.1 Å². The van der Waals surface area contributed by atoms with Gasteiger partial charge in [0, 0.05) is 48.1 Å². The first-order valence-electron chi connectivity index (χ1n) is 17.5. The summed E-state index contributed by atoms with van der Waals surface area (Å²) in [5, 5.41) is 10.2. The minimum absolute atomic E-state index is 0.139. The molecule has 0 saturated carbocycles. The first-order chi connectivity index (χ1) is 23.4. The fourth-order valence-electron chi connectivity index (χ4n) is 7.20. The summed E-state index contributed by atoms with van der Waals surface area (Å²) < 4.78 is 1.98. The second-order valence-corrected chi connectivity index (χ2v) is 13.1. The van der Waals surface area contributed by atoms with E-state index in [9.17, 15) is 19.2 Å². The highest BCUT2D eigenvalue weighted by Crippen LogP contribution is 2.36. The summed E-state index contributed by atoms with van der Waals surface area (Å²) in [7, 11) is 0. The average molecular weight is 649 g/mol. The molecule has 10 heteroatoms. The van der Waals surface area contributed by atoms with Crippen molar-refractivity contribution in [3.63, 3.8) is 0 Å². The summed E-state index contributed by atoms with van der Waals surface area (Å²) >= 11 is 0. The molecule has 1 fully saturated rings. The molecule has 250 valence electrons. The lowest BCUT2D eigenvalue weighted by atomic mass is 9.82. The molecule has 0 radical (unpaired) electrons. The van der Waals surface area contributed by atoms with Crippen molar-refractivity contribution < 1.29 is 19.2 Å². The number of ketones is 2. The first kappa shape index (κ1) is 33.2. The quantitative estimate of drug-likeness (QED) is 0.0808. The Morgan fingerprint density at radius 1 is 0.938 bits per heavy atom. The van der Waals surface area contributed by atoms with E-state index in [0.29, 0.717) is 17.0 Å². The molecule has 2 amide bonds. The van der Waals surface area contributed by atoms with E-state index in [0.717, 1.165) is 92.4 Å². The van der Waals surface area contributed by atoms with E-state index in [-0.39, 0.29) is 30.3 Å². The SMILES string of the molecule is CCCC(CCC)c1cccc2ncc(-c3cnn(CCCCCCNc4ccc5c(c4)C(=O)C(C4CCC(=O)NC4=O)C5=O)c3)nc12. The van der Waals surface area contributed by atoms with Gasteiger partial charge in [-0.25, -0.2) is 4.98 Å². The number of benzene rings is 2. The van der Waals surface area contributed by atoms with Crippen LogP contribution in [0.15, 0.2) is 55.0 Å². The Morgan fingerprint density at radius 2 is 1.73 bits per heavy atom. The molecule has 4 aromatic rings. The maximum absolute atomic E-state index is 13.1. The minimum atomic E-state index is -1.04. The van der Waals surface area contributed by atoms with Crippen LogP contribution in [-0.4, -0.2) is 49.7 Å². The average Bonchev–Trinajstić information content (AvgIpc) is 3.66. The lowest BCUT2D eigenvalue weighted by Crippen LogP contribution is -2.46. The number of hydrogen-bond acceptors (Lipinski definition) is 8. The molecular formula is C38H44N6O4. The number of para-hydroxylation sites is 1. The highest BCUT2D eigenvalue weighted by atomic mass is 16.2. The van der Waals surface area contributed by atoms with Gasteiger partial charge in [0.25, 0.3) is 0 Å². The number of piperidine rings is 1. The van der Waals surface area contributed by atoms with Crippen molar-refractivity contribution in [3.05, 3.63) is 71.7 Å². The van der Waals surface area contributed by atoms with Crippen molar-refractivity contribution in [1.82, 2.24) is 25.1 Å². The number of hydrogen-bond donors (Lipinski definition) is 2. The van der Waals surface area contributed by atoms with Crippen LogP contribution in [0.5, 0.6) is 0 Å². The Balaban J connectivity index is 0.967. The van der Waals surface area contributed by atoms with E-state index in [1.54, 1.807) is 12.1 Å². The topological polar surface area (TPSA) is 136 Å². The zero-order valence-electron chi connectivity index (χ0n) is 27.8. The molecule has 2 aromatic carbocycles. The molecule has 2 aromatic heterocycles. The highest BCUT2D eigenvalue weighted by Gasteiger charge is 2.47. The number of nitrogens with one attached hydrogen (secondary N) is 2. The Labute approximate surface area is 281 Å². The molecule has 1 aliphatic heterocycles. The normalized spacial score (nSPS) is 17.7. The van der Waals surface area contributed by atoms with Crippen molar-refractivity contribution in [2.24, 2.45) is 11.8 Å². The number of imide groups is 1. The van der Waals surface area contributed by atoms with Gasteiger partial charge in [-0.2, -0.15) is 5.10 Å². The third-order valence-electron chi connectivity index (χ3n) is 9.69. The summed E-state index contributed by atoms with van der Waals surface area (Å²) in [5.74, 6) is -2.91. The van der Waals surface area contributed by atoms with Gasteiger partial charge in [0.05, 0.1) is 41.0 Å². The molecule has 48 heavy (non-hydrogen) atoms. The van der Waals surface area contributed by atoms with E-state index >= 15 is 0 Å². The van der Waals surface area contributed by atoms with Crippen molar-refractivity contribution >= 4 is 40.1 Å². The number of carbonyl (C=O) groups excluding carboxylic acids is 4. The summed E-state index contributed by atoms with van der Waals surface area (Å²) in [6, 6.07) is 11.5. The number of fused-ring (bicyclic) bond motifs is 2. The molecule has 10 nitrogen and oxygen atoms in total. The molecule has 0 spiro atoms. The number of carbonyl (C=O) groups is 4. The Bertz CT molecular complexity index is 1820. The fraction of sp³-hybridized carbons (Fsp3) is 0.447. The lowest BCUT2D eigenvalue weighted by Gasteiger charge is -2.23. The van der Waals surface area contributed by atoms with Crippen molar-refractivity contribution in [2.45, 2.75) is 90.5 Å². The highest BCUT2D eigenvalue weighted by molar-refractivity contribution is 6.28. The summed E-state index contributed by atoms with van der Waals surface area (Å²) in [4.78, 5) is 59.8. The van der Waals surface area contributed by atoms with Crippen LogP contribution in [0, 0.1) is 11.8 Å². The van der Waals surface area contributed by atoms with Gasteiger partial charge in [-0.1, -0.05) is 51.7 Å². The van der Waals surface area contributed by atoms with Crippen LogP contribution >= 0.6 is 0 Å². The number of rotatable bonds is 15. The molecule has 3 heterocycles. The third-order valence-corrected chi connectivity index (χ3v) is 9.69. The first-order valence-corrected chi connectivity index (χ1v) is 17.5. The predicted molar refractivity (Wildman–Crippen MR) is 185 cm³/mol. The molecule has 2 aliphatic rings. The van der Waals surface area contributed by atoms with Gasteiger partial charge in [-0.3, -0.25) is 34.2 Å². The van der Waals surface area contributed by atoms with Crippen LogP contribution in [0.25, 0.3) is 22.3 Å². The zero-order valence-corrected chi connectivity index (χ0v) is 27.8. The third kappa shape index (κ3) is 7.07. The summed E-state index contributed by atoms with van der Waals surface area (Å²) in [6.45, 7) is 6.04. The number of amides is 2. The minimum Gasteiger partial charge on any atom is -0.385 e. The van der Waals surface area contributed by atoms with Gasteiger partial charge >= 0.3 is 0 Å². The molecular weight excluding hydrogens is 604 g/mol. The van der Waals surface area contributed by atoms with Gasteiger partial charge < -0.3 is 5.32 Å². The second kappa shape index (κ2) is 15.0. The van der Waals surface area contributed by atoms with E-state index < -0.39 is 17.7 Å². The van der Waals surface area contributed by atoms with Crippen LogP contribution in [0.3, 0.4) is 0 Å². The van der Waals surface area contributed by atoms with E-state index in [1.807, 2.05) is 29.2 Å². The van der Waals surface area contributed by atoms with Crippen molar-refractivity contribution in [1.29, 1.82) is 0 Å². The number of aromatic nitrogens is 4. The largest absolute Gasteiger partial charge is 0.385 e. The molecule has 2 unspecified atom stereocenters. The molecule has 1 aliphatic carbocycles. The van der Waals surface area contributed by atoms with Crippen molar-refractivity contribution in [2.75, 3.05) is 11.9 Å². The van der Waals surface area contributed by atoms with Crippen molar-refractivity contribution in [3.8, 4) is 11.3 Å². The zero-order chi connectivity index (χ0) is 33.6. The molecule has 2 N–H and O–H groups in total. The van der Waals surface area contributed by atoms with Gasteiger partial charge in [-0.15, -0.1) is 0 Å². The van der Waals surface area contributed by atoms with E-state index in [4.69, 9.17) is 9.97 Å². The Hall–Kier alpha value is -4.73.